The fraction of sp³-hybridized carbons (Fsp3) is 0.625. The van der Waals surface area contributed by atoms with Crippen molar-refractivity contribution in [1.29, 1.82) is 0 Å². The van der Waals surface area contributed by atoms with Crippen LogP contribution in [0.15, 0.2) is 18.2 Å². The molecule has 0 radical (unpaired) electrons. The minimum Gasteiger partial charge on any atom is -0.302 e. The quantitative estimate of drug-likeness (QED) is 0.510. The van der Waals surface area contributed by atoms with Crippen LogP contribution in [0, 0.1) is 11.6 Å². The maximum Gasteiger partial charge on any atom is 0.159 e. The molecule has 1 aliphatic carbocycles. The molecule has 0 bridgehead atoms. The summed E-state index contributed by atoms with van der Waals surface area (Å²) in [6, 6.07) is 3.84. The number of halogens is 2. The Labute approximate surface area is 125 Å². The van der Waals surface area contributed by atoms with Gasteiger partial charge in [-0.05, 0) is 44.6 Å². The fourth-order valence-corrected chi connectivity index (χ4v) is 3.59. The van der Waals surface area contributed by atoms with Crippen molar-refractivity contribution < 1.29 is 8.78 Å². The zero-order chi connectivity index (χ0) is 15.5. The maximum absolute atomic E-state index is 13.6. The van der Waals surface area contributed by atoms with Crippen molar-refractivity contribution in [3.63, 3.8) is 0 Å². The van der Waals surface area contributed by atoms with Gasteiger partial charge in [-0.15, -0.1) is 0 Å². The second-order valence-electron chi connectivity index (χ2n) is 6.19. The van der Waals surface area contributed by atoms with Crippen LogP contribution in [0.25, 0.3) is 0 Å². The Kier molecular flexibility index (Phi) is 5.30. The van der Waals surface area contributed by atoms with Crippen LogP contribution in [0.3, 0.4) is 0 Å². The Bertz CT molecular complexity index is 469. The molecular weight excluding hydrogens is 272 g/mol. The molecule has 1 aliphatic rings. The zero-order valence-corrected chi connectivity index (χ0v) is 12.8. The van der Waals surface area contributed by atoms with Gasteiger partial charge in [-0.25, -0.2) is 8.78 Å². The molecule has 1 aromatic carbocycles. The van der Waals surface area contributed by atoms with Crippen molar-refractivity contribution in [1.82, 2.24) is 10.3 Å². The first kappa shape index (κ1) is 16.3. The van der Waals surface area contributed by atoms with Gasteiger partial charge in [-0.2, -0.15) is 0 Å². The largest absolute Gasteiger partial charge is 0.302 e. The molecule has 1 fully saturated rings. The van der Waals surface area contributed by atoms with E-state index in [2.05, 4.69) is 10.3 Å². The van der Waals surface area contributed by atoms with Gasteiger partial charge in [0.05, 0.1) is 6.04 Å². The van der Waals surface area contributed by atoms with Crippen molar-refractivity contribution in [3.8, 4) is 0 Å². The van der Waals surface area contributed by atoms with Gasteiger partial charge in [-0.1, -0.05) is 31.7 Å². The van der Waals surface area contributed by atoms with Crippen LogP contribution in [-0.2, 0) is 0 Å². The number of rotatable bonds is 4. The summed E-state index contributed by atoms with van der Waals surface area (Å²) in [5.41, 5.74) is 3.38. The average molecular weight is 297 g/mol. The van der Waals surface area contributed by atoms with Crippen LogP contribution >= 0.6 is 0 Å². The predicted molar refractivity (Wildman–Crippen MR) is 80.5 cm³/mol. The first-order valence-electron chi connectivity index (χ1n) is 7.60. The summed E-state index contributed by atoms with van der Waals surface area (Å²) in [6.45, 7) is 0. The minimum absolute atomic E-state index is 0.171. The third-order valence-electron chi connectivity index (χ3n) is 4.84. The smallest absolute Gasteiger partial charge is 0.159 e. The summed E-state index contributed by atoms with van der Waals surface area (Å²) in [7, 11) is 4.07. The molecule has 0 aromatic heterocycles. The first-order chi connectivity index (χ1) is 10.0. The number of nitrogens with one attached hydrogen (secondary N) is 1. The van der Waals surface area contributed by atoms with E-state index in [-0.39, 0.29) is 11.6 Å². The zero-order valence-electron chi connectivity index (χ0n) is 12.8. The van der Waals surface area contributed by atoms with Crippen LogP contribution in [0.2, 0.25) is 0 Å². The Hall–Kier alpha value is -1.04. The van der Waals surface area contributed by atoms with Crippen molar-refractivity contribution in [2.75, 3.05) is 14.1 Å². The highest BCUT2D eigenvalue weighted by Crippen LogP contribution is 2.40. The molecule has 3 nitrogen and oxygen atoms in total. The average Bonchev–Trinajstić information content (AvgIpc) is 2.70. The van der Waals surface area contributed by atoms with Gasteiger partial charge in [-0.3, -0.25) is 11.3 Å². The van der Waals surface area contributed by atoms with Crippen LogP contribution in [0.5, 0.6) is 0 Å². The van der Waals surface area contributed by atoms with Crippen LogP contribution < -0.4 is 11.3 Å². The Morgan fingerprint density at radius 2 is 1.71 bits per heavy atom. The summed E-state index contributed by atoms with van der Waals surface area (Å²) in [6.07, 6.45) is 6.66. The molecule has 0 aliphatic heterocycles. The molecule has 0 heterocycles. The summed E-state index contributed by atoms with van der Waals surface area (Å²) in [5, 5.41) is 0. The van der Waals surface area contributed by atoms with Crippen molar-refractivity contribution in [2.45, 2.75) is 50.1 Å². The Balaban J connectivity index is 2.41. The number of nitrogens with two attached hydrogens (primary N) is 1. The van der Waals surface area contributed by atoms with Crippen molar-refractivity contribution in [3.05, 3.63) is 35.4 Å². The normalized spacial score (nSPS) is 20.3. The lowest BCUT2D eigenvalue weighted by molar-refractivity contribution is 0.0798. The summed E-state index contributed by atoms with van der Waals surface area (Å²) in [4.78, 5) is 2.18. The van der Waals surface area contributed by atoms with E-state index in [4.69, 9.17) is 5.84 Å². The van der Waals surface area contributed by atoms with Crippen molar-refractivity contribution in [2.24, 2.45) is 5.84 Å². The van der Waals surface area contributed by atoms with Crippen LogP contribution in [0.1, 0.15) is 50.1 Å². The third kappa shape index (κ3) is 3.25. The first-order valence-corrected chi connectivity index (χ1v) is 7.60. The fourth-order valence-electron chi connectivity index (χ4n) is 3.59. The molecule has 0 amide bonds. The molecule has 1 unspecified atom stereocenters. The molecule has 5 heteroatoms. The van der Waals surface area contributed by atoms with Gasteiger partial charge in [0.2, 0.25) is 0 Å². The molecule has 1 aromatic rings. The van der Waals surface area contributed by atoms with Gasteiger partial charge in [0.25, 0.3) is 0 Å². The lowest BCUT2D eigenvalue weighted by Gasteiger charge is -2.45. The second kappa shape index (κ2) is 6.81. The SMILES string of the molecule is CN(C)C1(C(NN)c2ccc(F)c(F)c2)CCCCCC1. The molecular formula is C16H25F2N3. The molecule has 21 heavy (non-hydrogen) atoms. The number of likely N-dealkylation sites (N-methyl/N-ethyl adjacent to an activating group) is 1. The van der Waals surface area contributed by atoms with E-state index in [1.807, 2.05) is 14.1 Å². The van der Waals surface area contributed by atoms with Crippen LogP contribution in [-0.4, -0.2) is 24.5 Å². The Morgan fingerprint density at radius 1 is 1.10 bits per heavy atom. The Morgan fingerprint density at radius 3 is 2.19 bits per heavy atom. The number of hydrazine groups is 1. The van der Waals surface area contributed by atoms with E-state index in [1.54, 1.807) is 6.07 Å². The minimum atomic E-state index is -0.825. The van der Waals surface area contributed by atoms with Gasteiger partial charge in [0.15, 0.2) is 11.6 Å². The highest BCUT2D eigenvalue weighted by atomic mass is 19.2. The molecule has 1 saturated carbocycles. The standard InChI is InChI=1S/C16H25F2N3/c1-21(2)16(9-5-3-4-6-10-16)15(20-19)12-7-8-13(17)14(18)11-12/h7-8,11,15,20H,3-6,9-10,19H2,1-2H3. The monoisotopic (exact) mass is 297 g/mol. The molecule has 118 valence electrons. The topological polar surface area (TPSA) is 41.3 Å². The van der Waals surface area contributed by atoms with E-state index >= 15 is 0 Å². The second-order valence-corrected chi connectivity index (χ2v) is 6.19. The van der Waals surface area contributed by atoms with E-state index in [0.717, 1.165) is 25.7 Å². The van der Waals surface area contributed by atoms with E-state index in [9.17, 15) is 8.78 Å². The van der Waals surface area contributed by atoms with Gasteiger partial charge < -0.3 is 4.90 Å². The number of hydrogen-bond donors (Lipinski definition) is 2. The lowest BCUT2D eigenvalue weighted by atomic mass is 9.78. The maximum atomic E-state index is 13.6. The van der Waals surface area contributed by atoms with Crippen LogP contribution in [0.4, 0.5) is 8.78 Å². The van der Waals surface area contributed by atoms with E-state index in [0.29, 0.717) is 5.56 Å². The third-order valence-corrected chi connectivity index (χ3v) is 4.84. The molecule has 0 saturated heterocycles. The van der Waals surface area contributed by atoms with E-state index < -0.39 is 11.6 Å². The predicted octanol–water partition coefficient (Wildman–Crippen LogP) is 3.12. The summed E-state index contributed by atoms with van der Waals surface area (Å²) >= 11 is 0. The molecule has 1 atom stereocenters. The summed E-state index contributed by atoms with van der Waals surface area (Å²) in [5.74, 6) is 4.16. The molecule has 3 N–H and O–H groups in total. The number of nitrogens with zero attached hydrogens (tertiary/aromatic N) is 1. The highest BCUT2D eigenvalue weighted by Gasteiger charge is 2.41. The number of hydrogen-bond acceptors (Lipinski definition) is 3. The van der Waals surface area contributed by atoms with Gasteiger partial charge >= 0.3 is 0 Å². The lowest BCUT2D eigenvalue weighted by Crippen LogP contribution is -2.55. The highest BCUT2D eigenvalue weighted by molar-refractivity contribution is 5.25. The van der Waals surface area contributed by atoms with E-state index in [1.165, 1.54) is 25.0 Å². The number of benzene rings is 1. The van der Waals surface area contributed by atoms with Gasteiger partial charge in [0.1, 0.15) is 0 Å². The molecule has 2 rings (SSSR count). The van der Waals surface area contributed by atoms with Gasteiger partial charge in [0, 0.05) is 5.54 Å². The van der Waals surface area contributed by atoms with Crippen molar-refractivity contribution >= 4 is 0 Å². The summed E-state index contributed by atoms with van der Waals surface area (Å²) < 4.78 is 26.8. The molecule has 0 spiro atoms.